The molecular formula is C15H10INO5. The maximum Gasteiger partial charge on any atom is 0.339 e. The third-order valence-electron chi connectivity index (χ3n) is 2.81. The van der Waals surface area contributed by atoms with E-state index in [-0.39, 0.29) is 11.3 Å². The van der Waals surface area contributed by atoms with Crippen molar-refractivity contribution in [3.05, 3.63) is 73.3 Å². The van der Waals surface area contributed by atoms with E-state index in [1.54, 1.807) is 24.3 Å². The minimum atomic E-state index is -0.608. The Bertz CT molecular complexity index is 744. The maximum atomic E-state index is 11.9. The number of rotatable bonds is 5. The van der Waals surface area contributed by atoms with Crippen LogP contribution in [-0.2, 0) is 4.74 Å². The Hall–Kier alpha value is -2.29. The van der Waals surface area contributed by atoms with Gasteiger partial charge in [0.15, 0.2) is 6.61 Å². The molecule has 0 aromatic heterocycles. The summed E-state index contributed by atoms with van der Waals surface area (Å²) < 4.78 is 5.68. The summed E-state index contributed by atoms with van der Waals surface area (Å²) in [6.45, 7) is -0.467. The normalized spacial score (nSPS) is 10.0. The summed E-state index contributed by atoms with van der Waals surface area (Å²) in [5, 5.41) is 10.7. The van der Waals surface area contributed by atoms with Gasteiger partial charge < -0.3 is 4.74 Å². The van der Waals surface area contributed by atoms with Gasteiger partial charge in [0.1, 0.15) is 0 Å². The molecule has 0 bridgehead atoms. The van der Waals surface area contributed by atoms with Gasteiger partial charge in [-0.1, -0.05) is 24.3 Å². The Labute approximate surface area is 139 Å². The first-order chi connectivity index (χ1) is 10.5. The molecule has 0 aliphatic heterocycles. The lowest BCUT2D eigenvalue weighted by Gasteiger charge is -2.06. The highest BCUT2D eigenvalue weighted by Gasteiger charge is 2.15. The fourth-order valence-corrected chi connectivity index (χ4v) is 2.32. The molecule has 2 aromatic rings. The fourth-order valence-electron chi connectivity index (χ4n) is 1.71. The Kier molecular flexibility index (Phi) is 5.21. The first-order valence-corrected chi connectivity index (χ1v) is 7.26. The standard InChI is InChI=1S/C15H10INO5/c16-13-7-2-1-6-12(13)15(19)22-9-14(18)10-4-3-5-11(8-10)17(20)21/h1-8H,9H2. The quantitative estimate of drug-likeness (QED) is 0.248. The average Bonchev–Trinajstić information content (AvgIpc) is 2.52. The van der Waals surface area contributed by atoms with Gasteiger partial charge in [0.05, 0.1) is 10.5 Å². The van der Waals surface area contributed by atoms with E-state index in [9.17, 15) is 19.7 Å². The summed E-state index contributed by atoms with van der Waals surface area (Å²) in [5.74, 6) is -1.10. The number of esters is 1. The molecule has 0 N–H and O–H groups in total. The zero-order valence-electron chi connectivity index (χ0n) is 11.2. The van der Waals surface area contributed by atoms with Crippen LogP contribution >= 0.6 is 22.6 Å². The summed E-state index contributed by atoms with van der Waals surface area (Å²) >= 11 is 1.99. The van der Waals surface area contributed by atoms with Gasteiger partial charge in [-0.2, -0.15) is 0 Å². The van der Waals surface area contributed by atoms with Crippen LogP contribution in [-0.4, -0.2) is 23.3 Å². The number of nitrogens with zero attached hydrogens (tertiary/aromatic N) is 1. The van der Waals surface area contributed by atoms with Crippen LogP contribution in [0.4, 0.5) is 5.69 Å². The molecule has 2 rings (SSSR count). The van der Waals surface area contributed by atoms with Crippen molar-refractivity contribution >= 4 is 40.0 Å². The zero-order valence-corrected chi connectivity index (χ0v) is 13.3. The van der Waals surface area contributed by atoms with Crippen LogP contribution in [0.5, 0.6) is 0 Å². The molecule has 0 atom stereocenters. The van der Waals surface area contributed by atoms with Crippen molar-refractivity contribution in [3.63, 3.8) is 0 Å². The Morgan fingerprint density at radius 1 is 1.14 bits per heavy atom. The van der Waals surface area contributed by atoms with Gasteiger partial charge in [-0.3, -0.25) is 14.9 Å². The Morgan fingerprint density at radius 3 is 2.55 bits per heavy atom. The number of nitro groups is 1. The number of hydrogen-bond donors (Lipinski definition) is 0. The van der Waals surface area contributed by atoms with Crippen LogP contribution < -0.4 is 0 Å². The van der Waals surface area contributed by atoms with Gasteiger partial charge in [0.25, 0.3) is 5.69 Å². The average molecular weight is 411 g/mol. The lowest BCUT2D eigenvalue weighted by atomic mass is 10.1. The number of carbonyl (C=O) groups is 2. The van der Waals surface area contributed by atoms with E-state index >= 15 is 0 Å². The predicted molar refractivity (Wildman–Crippen MR) is 86.9 cm³/mol. The molecule has 7 heteroatoms. The predicted octanol–water partition coefficient (Wildman–Crippen LogP) is 3.24. The van der Waals surface area contributed by atoms with E-state index in [0.717, 1.165) is 6.07 Å². The molecule has 2 aromatic carbocycles. The molecule has 0 amide bonds. The van der Waals surface area contributed by atoms with Crippen molar-refractivity contribution in [2.75, 3.05) is 6.61 Å². The number of non-ortho nitro benzene ring substituents is 1. The fraction of sp³-hybridized carbons (Fsp3) is 0.0667. The number of ketones is 1. The molecule has 0 unspecified atom stereocenters. The van der Waals surface area contributed by atoms with Crippen LogP contribution in [0.1, 0.15) is 20.7 Å². The second-order valence-electron chi connectivity index (χ2n) is 4.29. The summed E-state index contributed by atoms with van der Waals surface area (Å²) in [6, 6.07) is 12.1. The molecule has 0 radical (unpaired) electrons. The van der Waals surface area contributed by atoms with E-state index < -0.39 is 23.3 Å². The molecule has 0 aliphatic rings. The monoisotopic (exact) mass is 411 g/mol. The number of carbonyl (C=O) groups excluding carboxylic acids is 2. The van der Waals surface area contributed by atoms with Crippen molar-refractivity contribution < 1.29 is 19.2 Å². The van der Waals surface area contributed by atoms with Crippen molar-refractivity contribution in [2.24, 2.45) is 0 Å². The second-order valence-corrected chi connectivity index (χ2v) is 5.45. The number of halogens is 1. The first-order valence-electron chi connectivity index (χ1n) is 6.18. The summed E-state index contributed by atoms with van der Waals surface area (Å²) in [5.41, 5.74) is 0.314. The smallest absolute Gasteiger partial charge is 0.339 e. The maximum absolute atomic E-state index is 11.9. The van der Waals surface area contributed by atoms with Gasteiger partial charge in [-0.05, 0) is 34.7 Å². The Morgan fingerprint density at radius 2 is 1.86 bits per heavy atom. The minimum Gasteiger partial charge on any atom is -0.454 e. The molecule has 0 spiro atoms. The lowest BCUT2D eigenvalue weighted by molar-refractivity contribution is -0.384. The third-order valence-corrected chi connectivity index (χ3v) is 3.75. The number of benzene rings is 2. The molecule has 0 aliphatic carbocycles. The van der Waals surface area contributed by atoms with Gasteiger partial charge in [0.2, 0.25) is 5.78 Å². The van der Waals surface area contributed by atoms with Gasteiger partial charge in [0, 0.05) is 21.3 Å². The van der Waals surface area contributed by atoms with Crippen LogP contribution in [0.2, 0.25) is 0 Å². The largest absolute Gasteiger partial charge is 0.454 e. The summed E-state index contributed by atoms with van der Waals surface area (Å²) in [7, 11) is 0. The molecule has 0 heterocycles. The van der Waals surface area contributed by atoms with E-state index in [1.165, 1.54) is 18.2 Å². The van der Waals surface area contributed by atoms with Crippen molar-refractivity contribution in [3.8, 4) is 0 Å². The second kappa shape index (κ2) is 7.12. The molecule has 0 fully saturated rings. The van der Waals surface area contributed by atoms with E-state index in [2.05, 4.69) is 0 Å². The molecule has 112 valence electrons. The van der Waals surface area contributed by atoms with Crippen LogP contribution in [0.15, 0.2) is 48.5 Å². The number of ether oxygens (including phenoxy) is 1. The molecule has 0 saturated carbocycles. The van der Waals surface area contributed by atoms with Crippen molar-refractivity contribution in [1.29, 1.82) is 0 Å². The van der Waals surface area contributed by atoms with Gasteiger partial charge in [-0.15, -0.1) is 0 Å². The third kappa shape index (κ3) is 3.88. The topological polar surface area (TPSA) is 86.5 Å². The number of hydrogen-bond acceptors (Lipinski definition) is 5. The van der Waals surface area contributed by atoms with Crippen molar-refractivity contribution in [2.45, 2.75) is 0 Å². The van der Waals surface area contributed by atoms with Crippen LogP contribution in [0.3, 0.4) is 0 Å². The molecule has 6 nitrogen and oxygen atoms in total. The lowest BCUT2D eigenvalue weighted by Crippen LogP contribution is -2.15. The SMILES string of the molecule is O=C(COC(=O)c1ccccc1I)c1cccc([N+](=O)[O-])c1. The molecule has 22 heavy (non-hydrogen) atoms. The zero-order chi connectivity index (χ0) is 16.1. The number of nitro benzene ring substituents is 1. The Balaban J connectivity index is 2.04. The van der Waals surface area contributed by atoms with Gasteiger partial charge in [-0.25, -0.2) is 4.79 Å². The summed E-state index contributed by atoms with van der Waals surface area (Å²) in [4.78, 5) is 33.9. The van der Waals surface area contributed by atoms with E-state index in [1.807, 2.05) is 22.6 Å². The number of Topliss-reactive ketones (excluding diaryl/α,β-unsaturated/α-hetero) is 1. The summed E-state index contributed by atoms with van der Waals surface area (Å²) in [6.07, 6.45) is 0. The highest BCUT2D eigenvalue weighted by Crippen LogP contribution is 2.15. The van der Waals surface area contributed by atoms with Crippen LogP contribution in [0.25, 0.3) is 0 Å². The molecule has 0 saturated heterocycles. The molecular weight excluding hydrogens is 401 g/mol. The van der Waals surface area contributed by atoms with Crippen LogP contribution in [0, 0.1) is 13.7 Å². The highest BCUT2D eigenvalue weighted by atomic mass is 127. The first kappa shape index (κ1) is 16.1. The highest BCUT2D eigenvalue weighted by molar-refractivity contribution is 14.1. The van der Waals surface area contributed by atoms with E-state index in [0.29, 0.717) is 9.13 Å². The minimum absolute atomic E-state index is 0.129. The van der Waals surface area contributed by atoms with Gasteiger partial charge >= 0.3 is 5.97 Å². The van der Waals surface area contributed by atoms with E-state index in [4.69, 9.17) is 4.74 Å². The van der Waals surface area contributed by atoms with Crippen molar-refractivity contribution in [1.82, 2.24) is 0 Å².